The van der Waals surface area contributed by atoms with Gasteiger partial charge in [-0.05, 0) is 38.8 Å². The summed E-state index contributed by atoms with van der Waals surface area (Å²) in [5.41, 5.74) is 1.33. The Kier molecular flexibility index (Phi) is 6.73. The molecule has 0 bridgehead atoms. The molecule has 0 N–H and O–H groups in total. The summed E-state index contributed by atoms with van der Waals surface area (Å²) in [6.07, 6.45) is 3.28. The molecule has 0 atom stereocenters. The molecule has 4 heteroatoms. The van der Waals surface area contributed by atoms with Crippen molar-refractivity contribution in [3.05, 3.63) is 12.2 Å². The molecule has 1 saturated heterocycles. The summed E-state index contributed by atoms with van der Waals surface area (Å²) in [5, 5.41) is 0. The Labute approximate surface area is 119 Å². The molecule has 19 heavy (non-hydrogen) atoms. The second-order valence-electron chi connectivity index (χ2n) is 6.03. The lowest BCUT2D eigenvalue weighted by atomic mass is 9.84. The van der Waals surface area contributed by atoms with Crippen molar-refractivity contribution >= 4 is 8.56 Å². The lowest BCUT2D eigenvalue weighted by molar-refractivity contribution is -0.0140. The summed E-state index contributed by atoms with van der Waals surface area (Å²) >= 11 is 0. The molecule has 0 aromatic carbocycles. The molecule has 0 unspecified atom stereocenters. The molecule has 1 aliphatic heterocycles. The molecule has 1 fully saturated rings. The maximum Gasteiger partial charge on any atom is 0.335 e. The van der Waals surface area contributed by atoms with Gasteiger partial charge in [-0.25, -0.2) is 0 Å². The van der Waals surface area contributed by atoms with E-state index in [1.165, 1.54) is 0 Å². The molecule has 1 aliphatic rings. The fourth-order valence-electron chi connectivity index (χ4n) is 2.24. The fourth-order valence-corrected chi connectivity index (χ4v) is 4.62. The molecule has 1 rings (SSSR count). The first-order valence-corrected chi connectivity index (χ1v) is 9.98. The highest BCUT2D eigenvalue weighted by Gasteiger charge is 2.42. The second kappa shape index (κ2) is 7.57. The van der Waals surface area contributed by atoms with Crippen LogP contribution in [0.25, 0.3) is 0 Å². The predicted octanol–water partition coefficient (Wildman–Crippen LogP) is 3.89. The zero-order chi connectivity index (χ0) is 14.4. The third-order valence-corrected chi connectivity index (χ3v) is 6.91. The Bertz CT molecular complexity index is 277. The van der Waals surface area contributed by atoms with Gasteiger partial charge in [-0.2, -0.15) is 0 Å². The molecule has 0 amide bonds. The third kappa shape index (κ3) is 5.38. The van der Waals surface area contributed by atoms with Gasteiger partial charge >= 0.3 is 8.56 Å². The monoisotopic (exact) mass is 286 g/mol. The Morgan fingerprint density at radius 3 is 2.32 bits per heavy atom. The SMILES string of the molecule is C=C(C)COCCC[Si]1(C)OCC(CC)(CC)CO1. The molecule has 0 aromatic rings. The summed E-state index contributed by atoms with van der Waals surface area (Å²) in [6.45, 7) is 15.6. The third-order valence-electron chi connectivity index (χ3n) is 4.14. The summed E-state index contributed by atoms with van der Waals surface area (Å²) in [7, 11) is -1.94. The quantitative estimate of drug-likeness (QED) is 0.385. The van der Waals surface area contributed by atoms with Crippen molar-refractivity contribution in [3.8, 4) is 0 Å². The molecule has 1 heterocycles. The van der Waals surface area contributed by atoms with Crippen LogP contribution >= 0.6 is 0 Å². The molecule has 3 nitrogen and oxygen atoms in total. The van der Waals surface area contributed by atoms with Crippen molar-refractivity contribution in [2.24, 2.45) is 5.41 Å². The lowest BCUT2D eigenvalue weighted by Crippen LogP contribution is -2.51. The van der Waals surface area contributed by atoms with E-state index in [0.717, 1.165) is 50.7 Å². The van der Waals surface area contributed by atoms with E-state index >= 15 is 0 Å². The molecule has 0 spiro atoms. The highest BCUT2D eigenvalue weighted by atomic mass is 28.4. The average molecular weight is 286 g/mol. The molecule has 112 valence electrons. The Hall–Kier alpha value is -0.163. The van der Waals surface area contributed by atoms with Gasteiger partial charge < -0.3 is 13.6 Å². The predicted molar refractivity (Wildman–Crippen MR) is 81.6 cm³/mol. The summed E-state index contributed by atoms with van der Waals surface area (Å²) in [4.78, 5) is 0. The van der Waals surface area contributed by atoms with Gasteiger partial charge in [0.05, 0.1) is 6.61 Å². The first kappa shape index (κ1) is 16.9. The van der Waals surface area contributed by atoms with E-state index in [0.29, 0.717) is 6.61 Å². The van der Waals surface area contributed by atoms with E-state index < -0.39 is 8.56 Å². The van der Waals surface area contributed by atoms with Crippen LogP contribution < -0.4 is 0 Å². The summed E-state index contributed by atoms with van der Waals surface area (Å²) < 4.78 is 17.8. The van der Waals surface area contributed by atoms with Crippen LogP contribution in [0.4, 0.5) is 0 Å². The van der Waals surface area contributed by atoms with Crippen LogP contribution in [0.5, 0.6) is 0 Å². The van der Waals surface area contributed by atoms with Crippen LogP contribution in [0, 0.1) is 5.41 Å². The topological polar surface area (TPSA) is 27.7 Å². The number of hydrogen-bond acceptors (Lipinski definition) is 3. The number of rotatable bonds is 8. The van der Waals surface area contributed by atoms with Gasteiger partial charge in [-0.3, -0.25) is 0 Å². The van der Waals surface area contributed by atoms with E-state index in [4.69, 9.17) is 13.6 Å². The number of hydrogen-bond donors (Lipinski definition) is 0. The minimum absolute atomic E-state index is 0.253. The van der Waals surface area contributed by atoms with E-state index in [9.17, 15) is 0 Å². The van der Waals surface area contributed by atoms with E-state index in [1.807, 2.05) is 6.92 Å². The fraction of sp³-hybridized carbons (Fsp3) is 0.867. The van der Waals surface area contributed by atoms with Crippen molar-refractivity contribution in [1.82, 2.24) is 0 Å². The zero-order valence-electron chi connectivity index (χ0n) is 13.1. The van der Waals surface area contributed by atoms with Gasteiger partial charge in [-0.1, -0.05) is 26.0 Å². The van der Waals surface area contributed by atoms with Gasteiger partial charge in [0.15, 0.2) is 0 Å². The lowest BCUT2D eigenvalue weighted by Gasteiger charge is -2.43. The molecular formula is C15H30O3Si. The minimum atomic E-state index is -1.94. The van der Waals surface area contributed by atoms with Gasteiger partial charge in [0, 0.05) is 25.2 Å². The molecule has 0 aliphatic carbocycles. The van der Waals surface area contributed by atoms with Gasteiger partial charge in [0.1, 0.15) is 0 Å². The maximum atomic E-state index is 6.13. The smallest absolute Gasteiger partial charge is 0.335 e. The Balaban J connectivity index is 2.26. The van der Waals surface area contributed by atoms with E-state index in [-0.39, 0.29) is 5.41 Å². The van der Waals surface area contributed by atoms with Gasteiger partial charge in [-0.15, -0.1) is 0 Å². The number of ether oxygens (including phenoxy) is 1. The highest BCUT2D eigenvalue weighted by Crippen LogP contribution is 2.35. The largest absolute Gasteiger partial charge is 0.394 e. The normalized spacial score (nSPS) is 21.3. The van der Waals surface area contributed by atoms with Crippen LogP contribution in [-0.4, -0.2) is 35.0 Å². The van der Waals surface area contributed by atoms with E-state index in [1.54, 1.807) is 0 Å². The Morgan fingerprint density at radius 1 is 1.26 bits per heavy atom. The van der Waals surface area contributed by atoms with Gasteiger partial charge in [0.2, 0.25) is 0 Å². The van der Waals surface area contributed by atoms with Crippen molar-refractivity contribution in [2.45, 2.75) is 52.6 Å². The first-order valence-electron chi connectivity index (χ1n) is 7.45. The van der Waals surface area contributed by atoms with Crippen LogP contribution in [0.1, 0.15) is 40.0 Å². The van der Waals surface area contributed by atoms with Crippen LogP contribution in [0.3, 0.4) is 0 Å². The Morgan fingerprint density at radius 2 is 1.84 bits per heavy atom. The first-order chi connectivity index (χ1) is 8.95. The molecular weight excluding hydrogens is 256 g/mol. The van der Waals surface area contributed by atoms with Crippen molar-refractivity contribution in [3.63, 3.8) is 0 Å². The zero-order valence-corrected chi connectivity index (χ0v) is 14.1. The summed E-state index contributed by atoms with van der Waals surface area (Å²) in [5.74, 6) is 0. The van der Waals surface area contributed by atoms with Crippen molar-refractivity contribution in [1.29, 1.82) is 0 Å². The van der Waals surface area contributed by atoms with Gasteiger partial charge in [0.25, 0.3) is 0 Å². The minimum Gasteiger partial charge on any atom is -0.394 e. The second-order valence-corrected chi connectivity index (χ2v) is 9.38. The highest BCUT2D eigenvalue weighted by molar-refractivity contribution is 6.66. The average Bonchev–Trinajstić information content (AvgIpc) is 2.40. The van der Waals surface area contributed by atoms with Crippen LogP contribution in [0.15, 0.2) is 12.2 Å². The molecule has 0 saturated carbocycles. The van der Waals surface area contributed by atoms with Crippen LogP contribution in [-0.2, 0) is 13.6 Å². The summed E-state index contributed by atoms with van der Waals surface area (Å²) in [6, 6.07) is 1.02. The van der Waals surface area contributed by atoms with E-state index in [2.05, 4.69) is 27.0 Å². The maximum absolute atomic E-state index is 6.13. The van der Waals surface area contributed by atoms with Crippen molar-refractivity contribution < 1.29 is 13.6 Å². The van der Waals surface area contributed by atoms with Crippen LogP contribution in [0.2, 0.25) is 12.6 Å². The van der Waals surface area contributed by atoms with Crippen molar-refractivity contribution in [2.75, 3.05) is 26.4 Å². The molecule has 0 aromatic heterocycles. The standard InChI is InChI=1S/C15H30O3Si/c1-6-15(7-2)12-17-19(5,18-13-15)10-8-9-16-11-14(3)4/h3,6-13H2,1-2,4-5H3. The molecule has 0 radical (unpaired) electrons.